The van der Waals surface area contributed by atoms with Gasteiger partial charge in [-0.1, -0.05) is 0 Å². The van der Waals surface area contributed by atoms with Gasteiger partial charge in [0, 0.05) is 6.07 Å². The maximum atomic E-state index is 10.5. The van der Waals surface area contributed by atoms with E-state index < -0.39 is 5.91 Å². The summed E-state index contributed by atoms with van der Waals surface area (Å²) < 4.78 is 0. The summed E-state index contributed by atoms with van der Waals surface area (Å²) in [4.78, 5) is 17.6. The maximum Gasteiger partial charge on any atom is 0.267 e. The zero-order chi connectivity index (χ0) is 8.43. The lowest BCUT2D eigenvalue weighted by Gasteiger charge is -1.96. The largest absolute Gasteiger partial charge is 0.384 e. The molecule has 0 aromatic carbocycles. The predicted molar refractivity (Wildman–Crippen MR) is 40.0 cm³/mol. The molecule has 1 heterocycles. The molecule has 1 amide bonds. The van der Waals surface area contributed by atoms with Crippen LogP contribution in [-0.4, -0.2) is 15.9 Å². The minimum atomic E-state index is -0.680. The van der Waals surface area contributed by atoms with Gasteiger partial charge in [-0.15, -0.1) is 0 Å². The van der Waals surface area contributed by atoms with E-state index in [4.69, 9.17) is 23.1 Å². The van der Waals surface area contributed by atoms with E-state index in [2.05, 4.69) is 9.97 Å². The molecule has 1 aromatic heterocycles. The molecule has 0 atom stereocenters. The van der Waals surface area contributed by atoms with E-state index in [0.29, 0.717) is 0 Å². The summed E-state index contributed by atoms with van der Waals surface area (Å²) in [5.41, 5.74) is 10.2. The Bertz CT molecular complexity index is 280. The molecule has 0 spiro atoms. The van der Waals surface area contributed by atoms with Gasteiger partial charge >= 0.3 is 0 Å². The monoisotopic (exact) mass is 172 g/mol. The van der Waals surface area contributed by atoms with E-state index in [-0.39, 0.29) is 16.8 Å². The zero-order valence-electron chi connectivity index (χ0n) is 5.41. The van der Waals surface area contributed by atoms with Gasteiger partial charge in [0.25, 0.3) is 5.91 Å². The van der Waals surface area contributed by atoms with Crippen molar-refractivity contribution in [1.29, 1.82) is 0 Å². The van der Waals surface area contributed by atoms with E-state index in [9.17, 15) is 4.79 Å². The second kappa shape index (κ2) is 2.71. The van der Waals surface area contributed by atoms with Gasteiger partial charge in [0.2, 0.25) is 5.28 Å². The highest BCUT2D eigenvalue weighted by Crippen LogP contribution is 2.05. The van der Waals surface area contributed by atoms with E-state index in [1.165, 1.54) is 6.07 Å². The Kier molecular flexibility index (Phi) is 1.91. The third kappa shape index (κ3) is 1.78. The molecule has 0 fully saturated rings. The zero-order valence-corrected chi connectivity index (χ0v) is 6.17. The molecule has 58 valence electrons. The molecule has 0 saturated heterocycles. The van der Waals surface area contributed by atoms with Crippen molar-refractivity contribution in [3.63, 3.8) is 0 Å². The van der Waals surface area contributed by atoms with Crippen LogP contribution >= 0.6 is 11.6 Å². The van der Waals surface area contributed by atoms with Crippen molar-refractivity contribution in [3.05, 3.63) is 17.0 Å². The van der Waals surface area contributed by atoms with Crippen LogP contribution in [0.15, 0.2) is 6.07 Å². The molecule has 0 aliphatic rings. The van der Waals surface area contributed by atoms with Crippen LogP contribution in [0, 0.1) is 0 Å². The van der Waals surface area contributed by atoms with Crippen molar-refractivity contribution in [2.24, 2.45) is 5.73 Å². The fourth-order valence-electron chi connectivity index (χ4n) is 0.562. The fourth-order valence-corrected chi connectivity index (χ4v) is 0.750. The highest BCUT2D eigenvalue weighted by molar-refractivity contribution is 6.28. The van der Waals surface area contributed by atoms with Gasteiger partial charge in [-0.05, 0) is 11.6 Å². The van der Waals surface area contributed by atoms with Gasteiger partial charge in [0.05, 0.1) is 0 Å². The normalized spacial score (nSPS) is 9.55. The van der Waals surface area contributed by atoms with Crippen LogP contribution in [0.1, 0.15) is 10.5 Å². The van der Waals surface area contributed by atoms with E-state index in [1.54, 1.807) is 0 Å². The Morgan fingerprint density at radius 2 is 2.18 bits per heavy atom. The Morgan fingerprint density at radius 3 is 2.64 bits per heavy atom. The van der Waals surface area contributed by atoms with Gasteiger partial charge in [-0.2, -0.15) is 0 Å². The van der Waals surface area contributed by atoms with Crippen LogP contribution < -0.4 is 11.5 Å². The number of carbonyl (C=O) groups is 1. The summed E-state index contributed by atoms with van der Waals surface area (Å²) in [5.74, 6) is -0.556. The molecule has 0 unspecified atom stereocenters. The number of amides is 1. The average Bonchev–Trinajstić information content (AvgIpc) is 1.85. The van der Waals surface area contributed by atoms with Crippen LogP contribution in [-0.2, 0) is 0 Å². The lowest BCUT2D eigenvalue weighted by Crippen LogP contribution is -2.14. The first kappa shape index (κ1) is 7.74. The number of halogens is 1. The summed E-state index contributed by atoms with van der Waals surface area (Å²) in [6.45, 7) is 0. The number of rotatable bonds is 1. The number of nitrogen functional groups attached to an aromatic ring is 1. The fraction of sp³-hybridized carbons (Fsp3) is 0. The average molecular weight is 173 g/mol. The summed E-state index contributed by atoms with van der Waals surface area (Å²) in [6, 6.07) is 1.26. The van der Waals surface area contributed by atoms with Crippen molar-refractivity contribution in [1.82, 2.24) is 9.97 Å². The minimum Gasteiger partial charge on any atom is -0.384 e. The third-order valence-corrected chi connectivity index (χ3v) is 1.14. The molecule has 1 rings (SSSR count). The molecule has 5 nitrogen and oxygen atoms in total. The highest BCUT2D eigenvalue weighted by atomic mass is 35.5. The van der Waals surface area contributed by atoms with E-state index in [1.807, 2.05) is 0 Å². The standard InChI is InChI=1S/C5H5ClN4O/c6-5-9-2(4(8)11)1-3(7)10-5/h1H,(H2,8,11)(H2,7,9,10). The van der Waals surface area contributed by atoms with Gasteiger partial charge in [-0.3, -0.25) is 4.79 Å². The quantitative estimate of drug-likeness (QED) is 0.574. The number of nitrogens with two attached hydrogens (primary N) is 2. The smallest absolute Gasteiger partial charge is 0.267 e. The van der Waals surface area contributed by atoms with E-state index in [0.717, 1.165) is 0 Å². The molecule has 0 saturated carbocycles. The van der Waals surface area contributed by atoms with Gasteiger partial charge in [0.1, 0.15) is 11.5 Å². The van der Waals surface area contributed by atoms with Crippen LogP contribution in [0.5, 0.6) is 0 Å². The molecule has 6 heteroatoms. The van der Waals surface area contributed by atoms with Crippen LogP contribution in [0.25, 0.3) is 0 Å². The molecule has 0 aliphatic heterocycles. The number of primary amides is 1. The Morgan fingerprint density at radius 1 is 1.55 bits per heavy atom. The topological polar surface area (TPSA) is 94.9 Å². The highest BCUT2D eigenvalue weighted by Gasteiger charge is 2.04. The van der Waals surface area contributed by atoms with Crippen molar-refractivity contribution in [3.8, 4) is 0 Å². The first-order valence-electron chi connectivity index (χ1n) is 2.69. The first-order chi connectivity index (χ1) is 5.09. The number of hydrogen-bond donors (Lipinski definition) is 2. The molecular formula is C5H5ClN4O. The molecule has 0 bridgehead atoms. The number of anilines is 1. The minimum absolute atomic E-state index is 0.0162. The summed E-state index contributed by atoms with van der Waals surface area (Å²) >= 11 is 5.38. The van der Waals surface area contributed by atoms with Crippen molar-refractivity contribution < 1.29 is 4.79 Å². The van der Waals surface area contributed by atoms with Gasteiger partial charge < -0.3 is 11.5 Å². The molecule has 4 N–H and O–H groups in total. The summed E-state index contributed by atoms with van der Waals surface area (Å²) in [7, 11) is 0. The lowest BCUT2D eigenvalue weighted by atomic mass is 10.4. The molecule has 11 heavy (non-hydrogen) atoms. The number of nitrogens with zero attached hydrogens (tertiary/aromatic N) is 2. The van der Waals surface area contributed by atoms with Crippen LogP contribution in [0.2, 0.25) is 5.28 Å². The Balaban J connectivity index is 3.19. The first-order valence-corrected chi connectivity index (χ1v) is 3.07. The predicted octanol–water partition coefficient (Wildman–Crippen LogP) is -0.189. The van der Waals surface area contributed by atoms with Crippen molar-refractivity contribution in [2.75, 3.05) is 5.73 Å². The second-order valence-corrected chi connectivity index (χ2v) is 2.15. The number of hydrogen-bond acceptors (Lipinski definition) is 4. The molecular weight excluding hydrogens is 168 g/mol. The Labute approximate surface area is 67.4 Å². The Hall–Kier alpha value is -1.36. The van der Waals surface area contributed by atoms with Gasteiger partial charge in [-0.25, -0.2) is 9.97 Å². The number of carbonyl (C=O) groups excluding carboxylic acids is 1. The summed E-state index contributed by atoms with van der Waals surface area (Å²) in [6.07, 6.45) is 0. The number of aromatic nitrogens is 2. The third-order valence-electron chi connectivity index (χ3n) is 0.971. The molecule has 1 aromatic rings. The van der Waals surface area contributed by atoms with Crippen LogP contribution in [0.4, 0.5) is 5.82 Å². The van der Waals surface area contributed by atoms with Crippen LogP contribution in [0.3, 0.4) is 0 Å². The van der Waals surface area contributed by atoms with Gasteiger partial charge in [0.15, 0.2) is 0 Å². The summed E-state index contributed by atoms with van der Waals surface area (Å²) in [5, 5.41) is -0.0844. The van der Waals surface area contributed by atoms with Crippen molar-refractivity contribution >= 4 is 23.3 Å². The SMILES string of the molecule is NC(=O)c1cc(N)nc(Cl)n1. The molecule has 0 aliphatic carbocycles. The lowest BCUT2D eigenvalue weighted by molar-refractivity contribution is 0.0995. The van der Waals surface area contributed by atoms with E-state index >= 15 is 0 Å². The second-order valence-electron chi connectivity index (χ2n) is 1.81. The maximum absolute atomic E-state index is 10.5. The van der Waals surface area contributed by atoms with Crippen molar-refractivity contribution in [2.45, 2.75) is 0 Å². The molecule has 0 radical (unpaired) electrons.